The van der Waals surface area contributed by atoms with Gasteiger partial charge >= 0.3 is 0 Å². The first-order valence-corrected chi connectivity index (χ1v) is 9.48. The van der Waals surface area contributed by atoms with E-state index >= 15 is 0 Å². The maximum absolute atomic E-state index is 10.4. The van der Waals surface area contributed by atoms with Crippen molar-refractivity contribution in [2.24, 2.45) is 0 Å². The number of carbonyl (C=O) groups is 1. The first-order valence-electron chi connectivity index (χ1n) is 6.65. The second-order valence-electron chi connectivity index (χ2n) is 5.94. The SMILES string of the molecule is C[N+](C)(CCCC(=O)[O-])CCC[Si](CO)(CO)CO. The van der Waals surface area contributed by atoms with E-state index in [1.54, 1.807) is 0 Å². The lowest BCUT2D eigenvalue weighted by molar-refractivity contribution is -0.890. The lowest BCUT2D eigenvalue weighted by Gasteiger charge is -2.32. The van der Waals surface area contributed by atoms with Gasteiger partial charge in [-0.05, 0) is 18.9 Å². The fraction of sp³-hybridized carbons (Fsp3) is 0.917. The van der Waals surface area contributed by atoms with Crippen molar-refractivity contribution in [1.82, 2.24) is 0 Å². The number of aliphatic hydroxyl groups is 3. The molecule has 0 heterocycles. The molecule has 0 aromatic rings. The van der Waals surface area contributed by atoms with Crippen LogP contribution < -0.4 is 5.11 Å². The van der Waals surface area contributed by atoms with Crippen LogP contribution >= 0.6 is 0 Å². The Labute approximate surface area is 115 Å². The third kappa shape index (κ3) is 7.63. The monoisotopic (exact) mass is 293 g/mol. The van der Waals surface area contributed by atoms with E-state index in [2.05, 4.69) is 0 Å². The van der Waals surface area contributed by atoms with Gasteiger partial charge in [-0.1, -0.05) is 0 Å². The average Bonchev–Trinajstić information content (AvgIpc) is 2.34. The van der Waals surface area contributed by atoms with E-state index in [4.69, 9.17) is 0 Å². The summed E-state index contributed by atoms with van der Waals surface area (Å²) in [5, 5.41) is 38.2. The molecule has 0 fully saturated rings. The van der Waals surface area contributed by atoms with Gasteiger partial charge in [0, 0.05) is 31.1 Å². The number of hydrogen-bond acceptors (Lipinski definition) is 5. The van der Waals surface area contributed by atoms with Crippen molar-refractivity contribution >= 4 is 14.0 Å². The molecule has 0 spiro atoms. The van der Waals surface area contributed by atoms with E-state index in [0.717, 1.165) is 19.5 Å². The van der Waals surface area contributed by atoms with E-state index in [1.807, 2.05) is 14.1 Å². The summed E-state index contributed by atoms with van der Waals surface area (Å²) < 4.78 is 0.694. The molecule has 0 saturated heterocycles. The quantitative estimate of drug-likeness (QED) is 0.303. The molecule has 3 N–H and O–H groups in total. The van der Waals surface area contributed by atoms with E-state index in [-0.39, 0.29) is 25.1 Å². The minimum atomic E-state index is -2.31. The van der Waals surface area contributed by atoms with E-state index < -0.39 is 14.0 Å². The van der Waals surface area contributed by atoms with Gasteiger partial charge in [0.2, 0.25) is 0 Å². The molecule has 0 rings (SSSR count). The van der Waals surface area contributed by atoms with Crippen LogP contribution in [0.15, 0.2) is 0 Å². The zero-order chi connectivity index (χ0) is 14.9. The highest BCUT2D eigenvalue weighted by molar-refractivity contribution is 6.79. The summed E-state index contributed by atoms with van der Waals surface area (Å²) in [6.45, 7) is 1.59. The number of carboxylic acids is 1. The van der Waals surface area contributed by atoms with Crippen LogP contribution in [-0.2, 0) is 4.79 Å². The Hall–Kier alpha value is -0.473. The summed E-state index contributed by atoms with van der Waals surface area (Å²) >= 11 is 0. The smallest absolute Gasteiger partial charge is 0.140 e. The number of nitrogens with zero attached hydrogens (tertiary/aromatic N) is 1. The van der Waals surface area contributed by atoms with Crippen LogP contribution in [0.25, 0.3) is 0 Å². The molecule has 7 heteroatoms. The summed E-state index contributed by atoms with van der Waals surface area (Å²) in [4.78, 5) is 10.4. The zero-order valence-corrected chi connectivity index (χ0v) is 13.0. The summed E-state index contributed by atoms with van der Waals surface area (Å²) in [5.74, 6) is -1.02. The maximum atomic E-state index is 10.4. The number of hydrogen-bond donors (Lipinski definition) is 3. The van der Waals surface area contributed by atoms with Gasteiger partial charge in [-0.25, -0.2) is 0 Å². The molecule has 6 nitrogen and oxygen atoms in total. The number of rotatable bonds is 11. The van der Waals surface area contributed by atoms with Crippen LogP contribution in [0.4, 0.5) is 0 Å². The van der Waals surface area contributed by atoms with Crippen molar-refractivity contribution in [3.05, 3.63) is 0 Å². The summed E-state index contributed by atoms with van der Waals surface area (Å²) in [7, 11) is 1.73. The van der Waals surface area contributed by atoms with E-state index in [0.29, 0.717) is 16.9 Å². The van der Waals surface area contributed by atoms with Gasteiger partial charge < -0.3 is 29.7 Å². The van der Waals surface area contributed by atoms with Gasteiger partial charge in [0.15, 0.2) is 0 Å². The first-order chi connectivity index (χ1) is 8.81. The van der Waals surface area contributed by atoms with Gasteiger partial charge in [0.25, 0.3) is 0 Å². The maximum Gasteiger partial charge on any atom is 0.140 e. The molecule has 0 atom stereocenters. The van der Waals surface area contributed by atoms with Gasteiger partial charge in [0.1, 0.15) is 8.07 Å². The van der Waals surface area contributed by atoms with Crippen molar-refractivity contribution in [3.63, 3.8) is 0 Å². The molecule has 19 heavy (non-hydrogen) atoms. The Morgan fingerprint density at radius 1 is 1.05 bits per heavy atom. The summed E-state index contributed by atoms with van der Waals surface area (Å²) in [6.07, 6.45) is 1.17. The predicted molar refractivity (Wildman–Crippen MR) is 72.5 cm³/mol. The Morgan fingerprint density at radius 2 is 1.53 bits per heavy atom. The molecule has 0 bridgehead atoms. The molecule has 0 radical (unpaired) electrons. The lowest BCUT2D eigenvalue weighted by Crippen LogP contribution is -2.49. The van der Waals surface area contributed by atoms with Gasteiger partial charge in [-0.3, -0.25) is 0 Å². The number of carbonyl (C=O) groups excluding carboxylic acids is 1. The van der Waals surface area contributed by atoms with Crippen molar-refractivity contribution in [1.29, 1.82) is 0 Å². The second-order valence-corrected chi connectivity index (χ2v) is 10.4. The summed E-state index contributed by atoms with van der Waals surface area (Å²) in [5.41, 5.74) is 0. The topological polar surface area (TPSA) is 101 Å². The molecule has 0 aliphatic heterocycles. The van der Waals surface area contributed by atoms with Crippen molar-refractivity contribution in [2.75, 3.05) is 45.9 Å². The molecule has 114 valence electrons. The van der Waals surface area contributed by atoms with E-state index in [1.165, 1.54) is 0 Å². The third-order valence-electron chi connectivity index (χ3n) is 3.62. The predicted octanol–water partition coefficient (Wildman–Crippen LogP) is -1.97. The molecular weight excluding hydrogens is 266 g/mol. The molecule has 0 aliphatic rings. The molecule has 0 aromatic heterocycles. The number of aliphatic hydroxyl groups excluding tert-OH is 3. The minimum Gasteiger partial charge on any atom is -0.550 e. The van der Waals surface area contributed by atoms with Crippen molar-refractivity contribution < 1.29 is 29.7 Å². The van der Waals surface area contributed by atoms with Crippen LogP contribution in [0.2, 0.25) is 6.04 Å². The van der Waals surface area contributed by atoms with Crippen LogP contribution in [0, 0.1) is 0 Å². The number of carboxylic acid groups (broad SMARTS) is 1. The van der Waals surface area contributed by atoms with Gasteiger partial charge in [-0.15, -0.1) is 0 Å². The second kappa shape index (κ2) is 8.65. The standard InChI is InChI=1S/C12H27NO5Si/c1-13(2,6-3-5-12(17)18)7-4-8-19(9-14,10-15)11-16/h14-16H,3-11H2,1-2H3. The van der Waals surface area contributed by atoms with Crippen LogP contribution in [0.1, 0.15) is 19.3 Å². The van der Waals surface area contributed by atoms with E-state index in [9.17, 15) is 25.2 Å². The first kappa shape index (κ1) is 18.5. The normalized spacial score (nSPS) is 12.7. The number of aliphatic carboxylic acids is 1. The summed E-state index contributed by atoms with van der Waals surface area (Å²) in [6, 6.07) is 0.679. The Bertz CT molecular complexity index is 261. The molecular formula is C12H27NO5Si. The fourth-order valence-electron chi connectivity index (χ4n) is 2.03. The largest absolute Gasteiger partial charge is 0.550 e. The molecule has 0 aromatic carbocycles. The minimum absolute atomic E-state index is 0.0737. The zero-order valence-electron chi connectivity index (χ0n) is 12.0. The van der Waals surface area contributed by atoms with Crippen LogP contribution in [0.5, 0.6) is 0 Å². The highest BCUT2D eigenvalue weighted by Gasteiger charge is 2.31. The van der Waals surface area contributed by atoms with Gasteiger partial charge in [0.05, 0.1) is 27.2 Å². The molecule has 0 aliphatic carbocycles. The Balaban J connectivity index is 4.05. The highest BCUT2D eigenvalue weighted by Crippen LogP contribution is 2.13. The van der Waals surface area contributed by atoms with Crippen LogP contribution in [-0.4, -0.2) is 79.7 Å². The van der Waals surface area contributed by atoms with Gasteiger partial charge in [-0.2, -0.15) is 0 Å². The lowest BCUT2D eigenvalue weighted by atomic mass is 10.2. The van der Waals surface area contributed by atoms with Crippen molar-refractivity contribution in [2.45, 2.75) is 25.3 Å². The molecule has 0 saturated carbocycles. The van der Waals surface area contributed by atoms with Crippen LogP contribution in [0.3, 0.4) is 0 Å². The molecule has 0 unspecified atom stereocenters. The average molecular weight is 293 g/mol. The van der Waals surface area contributed by atoms with Crippen molar-refractivity contribution in [3.8, 4) is 0 Å². The highest BCUT2D eigenvalue weighted by atomic mass is 28.3. The Kier molecular flexibility index (Phi) is 8.43. The fourth-order valence-corrected chi connectivity index (χ4v) is 3.71. The molecule has 0 amide bonds. The number of quaternary nitrogens is 1. The Morgan fingerprint density at radius 3 is 1.95 bits per heavy atom. The third-order valence-corrected chi connectivity index (χ3v) is 7.05.